The van der Waals surface area contributed by atoms with Crippen LogP contribution in [0, 0.1) is 0 Å². The monoisotopic (exact) mass is 329 g/mol. The van der Waals surface area contributed by atoms with Crippen LogP contribution in [0.3, 0.4) is 0 Å². The van der Waals surface area contributed by atoms with Crippen molar-refractivity contribution in [2.45, 2.75) is 12.2 Å². The third kappa shape index (κ3) is 4.01. The third-order valence-electron chi connectivity index (χ3n) is 2.22. The topological polar surface area (TPSA) is 55.4 Å². The minimum atomic E-state index is -4.98. The van der Waals surface area contributed by atoms with Gasteiger partial charge in [-0.05, 0) is 18.2 Å². The lowest BCUT2D eigenvalue weighted by Gasteiger charge is -2.19. The minimum absolute atomic E-state index is 0.138. The van der Waals surface area contributed by atoms with Gasteiger partial charge in [-0.1, -0.05) is 23.2 Å². The molecule has 1 atom stereocenters. The molecule has 1 aromatic rings. The zero-order chi connectivity index (χ0) is 15.5. The minimum Gasteiger partial charge on any atom is -0.467 e. The molecular weight excluding hydrogens is 322 g/mol. The van der Waals surface area contributed by atoms with Gasteiger partial charge in [-0.3, -0.25) is 4.79 Å². The molecule has 0 spiro atoms. The standard InChI is InChI=1S/C11H8Cl2F3NO3/c1-20-10(19)8(11(14,15)16)17-9(18)6-3-2-5(12)4-7(6)13/h2-4,8H,1H3,(H,17,18)/t8-/m0/s1. The van der Waals surface area contributed by atoms with Crippen LogP contribution in [0.2, 0.25) is 10.0 Å². The van der Waals surface area contributed by atoms with Gasteiger partial charge >= 0.3 is 12.1 Å². The Hall–Kier alpha value is -1.47. The fraction of sp³-hybridized carbons (Fsp3) is 0.273. The van der Waals surface area contributed by atoms with Gasteiger partial charge in [-0.2, -0.15) is 13.2 Å². The number of hydrogen-bond acceptors (Lipinski definition) is 3. The van der Waals surface area contributed by atoms with Gasteiger partial charge in [0.15, 0.2) is 0 Å². The molecule has 0 aliphatic carbocycles. The summed E-state index contributed by atoms with van der Waals surface area (Å²) in [5, 5.41) is 1.59. The number of nitrogens with one attached hydrogen (secondary N) is 1. The Morgan fingerprint density at radius 2 is 1.90 bits per heavy atom. The van der Waals surface area contributed by atoms with Crippen LogP contribution in [0.4, 0.5) is 13.2 Å². The van der Waals surface area contributed by atoms with E-state index in [0.29, 0.717) is 0 Å². The van der Waals surface area contributed by atoms with E-state index in [9.17, 15) is 22.8 Å². The summed E-state index contributed by atoms with van der Waals surface area (Å²) in [6.07, 6.45) is -4.98. The Morgan fingerprint density at radius 3 is 2.35 bits per heavy atom. The molecule has 1 aromatic carbocycles. The molecule has 0 bridgehead atoms. The van der Waals surface area contributed by atoms with Crippen molar-refractivity contribution in [2.24, 2.45) is 0 Å². The second-order valence-electron chi connectivity index (χ2n) is 3.60. The number of rotatable bonds is 3. The van der Waals surface area contributed by atoms with Gasteiger partial charge in [0.1, 0.15) is 0 Å². The summed E-state index contributed by atoms with van der Waals surface area (Å²) in [5.74, 6) is -2.80. The lowest BCUT2D eigenvalue weighted by atomic mass is 10.2. The lowest BCUT2D eigenvalue weighted by molar-refractivity contribution is -0.180. The number of amides is 1. The van der Waals surface area contributed by atoms with Crippen LogP contribution in [-0.4, -0.2) is 31.2 Å². The smallest absolute Gasteiger partial charge is 0.419 e. The van der Waals surface area contributed by atoms with Crippen LogP contribution in [0.25, 0.3) is 0 Å². The number of alkyl halides is 3. The number of methoxy groups -OCH3 is 1. The fourth-order valence-corrected chi connectivity index (χ4v) is 1.77. The second-order valence-corrected chi connectivity index (χ2v) is 4.44. The van der Waals surface area contributed by atoms with Crippen LogP contribution in [0.15, 0.2) is 18.2 Å². The average Bonchev–Trinajstić information content (AvgIpc) is 2.33. The first-order valence-corrected chi connectivity index (χ1v) is 5.83. The van der Waals surface area contributed by atoms with Crippen molar-refractivity contribution in [3.8, 4) is 0 Å². The predicted molar refractivity (Wildman–Crippen MR) is 65.8 cm³/mol. The highest BCUT2D eigenvalue weighted by Crippen LogP contribution is 2.24. The van der Waals surface area contributed by atoms with E-state index in [0.717, 1.165) is 13.2 Å². The molecule has 0 heterocycles. The summed E-state index contributed by atoms with van der Waals surface area (Å²) < 4.78 is 41.9. The highest BCUT2D eigenvalue weighted by atomic mass is 35.5. The Kier molecular flexibility index (Phi) is 5.24. The highest BCUT2D eigenvalue weighted by molar-refractivity contribution is 6.36. The summed E-state index contributed by atoms with van der Waals surface area (Å²) in [4.78, 5) is 22.8. The van der Waals surface area contributed by atoms with Gasteiger partial charge < -0.3 is 10.1 Å². The number of carbonyl (C=O) groups is 2. The first-order chi connectivity index (χ1) is 9.16. The number of carbonyl (C=O) groups excluding carboxylic acids is 2. The van der Waals surface area contributed by atoms with Gasteiger partial charge in [0.25, 0.3) is 5.91 Å². The van der Waals surface area contributed by atoms with E-state index in [1.54, 1.807) is 0 Å². The van der Waals surface area contributed by atoms with E-state index in [-0.39, 0.29) is 15.6 Å². The van der Waals surface area contributed by atoms with E-state index in [2.05, 4.69) is 4.74 Å². The predicted octanol–water partition coefficient (Wildman–Crippen LogP) is 2.83. The molecule has 0 aromatic heterocycles. The SMILES string of the molecule is COC(=O)[C@H](NC(=O)c1ccc(Cl)cc1Cl)C(F)(F)F. The summed E-state index contributed by atoms with van der Waals surface area (Å²) in [6, 6.07) is 0.846. The summed E-state index contributed by atoms with van der Waals surface area (Å²) in [5.41, 5.74) is -0.241. The molecule has 20 heavy (non-hydrogen) atoms. The molecule has 0 unspecified atom stereocenters. The molecule has 0 fully saturated rings. The quantitative estimate of drug-likeness (QED) is 0.867. The number of benzene rings is 1. The van der Waals surface area contributed by atoms with E-state index in [1.807, 2.05) is 0 Å². The summed E-state index contributed by atoms with van der Waals surface area (Å²) in [7, 11) is 0.780. The van der Waals surface area contributed by atoms with Gasteiger partial charge in [0.05, 0.1) is 17.7 Å². The van der Waals surface area contributed by atoms with Gasteiger partial charge in [-0.15, -0.1) is 0 Å². The molecule has 0 aliphatic rings. The molecule has 0 saturated carbocycles. The Bertz CT molecular complexity index is 534. The zero-order valence-electron chi connectivity index (χ0n) is 9.92. The molecule has 1 amide bonds. The van der Waals surface area contributed by atoms with Crippen molar-refractivity contribution in [1.82, 2.24) is 5.32 Å². The maximum Gasteiger partial charge on any atom is 0.419 e. The number of esters is 1. The molecule has 4 nitrogen and oxygen atoms in total. The number of halogens is 5. The molecule has 0 aliphatic heterocycles. The molecule has 0 saturated heterocycles. The molecule has 0 radical (unpaired) electrons. The zero-order valence-corrected chi connectivity index (χ0v) is 11.4. The fourth-order valence-electron chi connectivity index (χ4n) is 1.27. The van der Waals surface area contributed by atoms with E-state index >= 15 is 0 Å². The second kappa shape index (κ2) is 6.32. The normalized spacial score (nSPS) is 12.7. The van der Waals surface area contributed by atoms with E-state index in [1.165, 1.54) is 17.4 Å². The van der Waals surface area contributed by atoms with Crippen molar-refractivity contribution in [3.63, 3.8) is 0 Å². The number of hydrogen-bond donors (Lipinski definition) is 1. The van der Waals surface area contributed by atoms with Crippen molar-refractivity contribution < 1.29 is 27.5 Å². The van der Waals surface area contributed by atoms with Crippen LogP contribution < -0.4 is 5.32 Å². The van der Waals surface area contributed by atoms with Crippen LogP contribution in [0.1, 0.15) is 10.4 Å². The summed E-state index contributed by atoms with van der Waals surface area (Å²) >= 11 is 11.3. The Labute approximate surface area is 121 Å². The first-order valence-electron chi connectivity index (χ1n) is 5.07. The van der Waals surface area contributed by atoms with Crippen LogP contribution in [0.5, 0.6) is 0 Å². The van der Waals surface area contributed by atoms with E-state index in [4.69, 9.17) is 23.2 Å². The third-order valence-corrected chi connectivity index (χ3v) is 2.76. The maximum absolute atomic E-state index is 12.6. The molecule has 110 valence electrons. The lowest BCUT2D eigenvalue weighted by Crippen LogP contribution is -2.51. The Morgan fingerprint density at radius 1 is 1.30 bits per heavy atom. The molecular formula is C11H8Cl2F3NO3. The van der Waals surface area contributed by atoms with E-state index < -0.39 is 24.1 Å². The maximum atomic E-state index is 12.6. The largest absolute Gasteiger partial charge is 0.467 e. The first kappa shape index (κ1) is 16.6. The number of ether oxygens (including phenoxy) is 1. The highest BCUT2D eigenvalue weighted by Gasteiger charge is 2.47. The average molecular weight is 330 g/mol. The van der Waals surface area contributed by atoms with Crippen LogP contribution in [-0.2, 0) is 9.53 Å². The van der Waals surface area contributed by atoms with Gasteiger partial charge in [0.2, 0.25) is 6.04 Å². The molecule has 9 heteroatoms. The van der Waals surface area contributed by atoms with Gasteiger partial charge in [0, 0.05) is 5.02 Å². The molecule has 1 rings (SSSR count). The molecule has 1 N–H and O–H groups in total. The van der Waals surface area contributed by atoms with Crippen molar-refractivity contribution in [2.75, 3.05) is 7.11 Å². The van der Waals surface area contributed by atoms with Crippen molar-refractivity contribution in [3.05, 3.63) is 33.8 Å². The van der Waals surface area contributed by atoms with Gasteiger partial charge in [-0.25, -0.2) is 4.79 Å². The summed E-state index contributed by atoms with van der Waals surface area (Å²) in [6.45, 7) is 0. The van der Waals surface area contributed by atoms with Crippen molar-refractivity contribution in [1.29, 1.82) is 0 Å². The Balaban J connectivity index is 3.00. The van der Waals surface area contributed by atoms with Crippen LogP contribution >= 0.6 is 23.2 Å². The van der Waals surface area contributed by atoms with Crippen molar-refractivity contribution >= 4 is 35.1 Å².